The van der Waals surface area contributed by atoms with Crippen molar-refractivity contribution >= 4 is 17.5 Å². The fourth-order valence-corrected chi connectivity index (χ4v) is 4.63. The molecule has 1 fully saturated rings. The lowest BCUT2D eigenvalue weighted by molar-refractivity contribution is -0.129. The van der Waals surface area contributed by atoms with Gasteiger partial charge in [-0.25, -0.2) is 4.39 Å². The molecule has 2 heterocycles. The average molecular weight is 490 g/mol. The molecule has 9 heteroatoms. The van der Waals surface area contributed by atoms with E-state index in [-0.39, 0.29) is 46.2 Å². The SMILES string of the molecule is C=CC(=O)N1CCN2Cc3cc(OCCN(C)C)c(-c4c(O)cccc4Cl)c(F)c3OC[C@H]2C1. The van der Waals surface area contributed by atoms with Gasteiger partial charge in [-0.3, -0.25) is 9.69 Å². The molecule has 1 saturated heterocycles. The summed E-state index contributed by atoms with van der Waals surface area (Å²) in [5.41, 5.74) is 0.889. The number of ether oxygens (including phenoxy) is 2. The van der Waals surface area contributed by atoms with Crippen molar-refractivity contribution in [2.75, 3.05) is 53.5 Å². The summed E-state index contributed by atoms with van der Waals surface area (Å²) in [7, 11) is 3.85. The van der Waals surface area contributed by atoms with Crippen LogP contribution in [-0.2, 0) is 11.3 Å². The van der Waals surface area contributed by atoms with Gasteiger partial charge in [0.05, 0.1) is 16.6 Å². The minimum absolute atomic E-state index is 0.0731. The lowest BCUT2D eigenvalue weighted by Gasteiger charge is -2.39. The van der Waals surface area contributed by atoms with E-state index >= 15 is 4.39 Å². The maximum absolute atomic E-state index is 16.1. The second-order valence-corrected chi connectivity index (χ2v) is 9.17. The molecule has 0 bridgehead atoms. The van der Waals surface area contributed by atoms with E-state index in [1.165, 1.54) is 12.1 Å². The number of aromatic hydroxyl groups is 1. The Balaban J connectivity index is 1.74. The van der Waals surface area contributed by atoms with Gasteiger partial charge in [-0.15, -0.1) is 0 Å². The van der Waals surface area contributed by atoms with Crippen LogP contribution in [0, 0.1) is 5.82 Å². The van der Waals surface area contributed by atoms with Crippen molar-refractivity contribution in [1.29, 1.82) is 0 Å². The first kappa shape index (κ1) is 24.3. The van der Waals surface area contributed by atoms with Gasteiger partial charge in [0.1, 0.15) is 24.7 Å². The van der Waals surface area contributed by atoms with Gasteiger partial charge < -0.3 is 24.4 Å². The Morgan fingerprint density at radius 2 is 2.18 bits per heavy atom. The molecule has 34 heavy (non-hydrogen) atoms. The Hall–Kier alpha value is -2.81. The third kappa shape index (κ3) is 4.85. The second-order valence-electron chi connectivity index (χ2n) is 8.76. The normalized spacial score (nSPS) is 18.0. The van der Waals surface area contributed by atoms with Crippen molar-refractivity contribution in [2.45, 2.75) is 12.6 Å². The molecular formula is C25H29ClFN3O4. The van der Waals surface area contributed by atoms with E-state index in [0.717, 1.165) is 0 Å². The van der Waals surface area contributed by atoms with Crippen LogP contribution in [0.25, 0.3) is 11.1 Å². The number of hydrogen-bond donors (Lipinski definition) is 1. The number of amides is 1. The molecule has 0 unspecified atom stereocenters. The number of phenols is 1. The number of rotatable bonds is 6. The molecule has 1 atom stereocenters. The van der Waals surface area contributed by atoms with Crippen molar-refractivity contribution < 1.29 is 23.8 Å². The van der Waals surface area contributed by atoms with E-state index in [2.05, 4.69) is 11.5 Å². The molecule has 0 spiro atoms. The number of nitrogens with zero attached hydrogens (tertiary/aromatic N) is 3. The van der Waals surface area contributed by atoms with Crippen LogP contribution in [0.1, 0.15) is 5.56 Å². The number of carbonyl (C=O) groups is 1. The number of phenolic OH excluding ortho intramolecular Hbond substituents is 1. The summed E-state index contributed by atoms with van der Waals surface area (Å²) < 4.78 is 28.1. The van der Waals surface area contributed by atoms with Gasteiger partial charge in [-0.05, 0) is 38.4 Å². The van der Waals surface area contributed by atoms with Crippen LogP contribution in [0.15, 0.2) is 36.9 Å². The number of benzene rings is 2. The summed E-state index contributed by atoms with van der Waals surface area (Å²) in [6, 6.07) is 6.34. The van der Waals surface area contributed by atoms with Gasteiger partial charge in [0, 0.05) is 43.9 Å². The highest BCUT2D eigenvalue weighted by Gasteiger charge is 2.35. The zero-order valence-corrected chi connectivity index (χ0v) is 20.1. The highest BCUT2D eigenvalue weighted by molar-refractivity contribution is 6.33. The highest BCUT2D eigenvalue weighted by atomic mass is 35.5. The first-order valence-electron chi connectivity index (χ1n) is 11.2. The smallest absolute Gasteiger partial charge is 0.246 e. The summed E-state index contributed by atoms with van der Waals surface area (Å²) >= 11 is 6.38. The van der Waals surface area contributed by atoms with Gasteiger partial charge >= 0.3 is 0 Å². The van der Waals surface area contributed by atoms with Gasteiger partial charge in [0.25, 0.3) is 0 Å². The summed E-state index contributed by atoms with van der Waals surface area (Å²) in [4.78, 5) is 18.0. The Labute approximate surface area is 203 Å². The van der Waals surface area contributed by atoms with E-state index < -0.39 is 5.82 Å². The monoisotopic (exact) mass is 489 g/mol. The summed E-state index contributed by atoms with van der Waals surface area (Å²) in [5, 5.41) is 10.7. The van der Waals surface area contributed by atoms with Crippen molar-refractivity contribution in [3.63, 3.8) is 0 Å². The maximum atomic E-state index is 16.1. The number of carbonyl (C=O) groups excluding carboxylic acids is 1. The number of likely N-dealkylation sites (N-methyl/N-ethyl adjacent to an activating group) is 1. The predicted molar refractivity (Wildman–Crippen MR) is 129 cm³/mol. The molecule has 0 radical (unpaired) electrons. The number of hydrogen-bond acceptors (Lipinski definition) is 6. The largest absolute Gasteiger partial charge is 0.507 e. The van der Waals surface area contributed by atoms with Gasteiger partial charge in [-0.2, -0.15) is 0 Å². The maximum Gasteiger partial charge on any atom is 0.246 e. The molecular weight excluding hydrogens is 461 g/mol. The Morgan fingerprint density at radius 3 is 2.88 bits per heavy atom. The van der Waals surface area contributed by atoms with Crippen LogP contribution in [0.2, 0.25) is 5.02 Å². The molecule has 2 aliphatic heterocycles. The minimum atomic E-state index is -0.625. The first-order valence-corrected chi connectivity index (χ1v) is 11.6. The van der Waals surface area contributed by atoms with E-state index in [0.29, 0.717) is 50.6 Å². The van der Waals surface area contributed by atoms with Crippen molar-refractivity contribution in [2.24, 2.45) is 0 Å². The van der Waals surface area contributed by atoms with Crippen molar-refractivity contribution in [1.82, 2.24) is 14.7 Å². The summed E-state index contributed by atoms with van der Waals surface area (Å²) in [6.45, 7) is 6.88. The van der Waals surface area contributed by atoms with Crippen LogP contribution in [0.3, 0.4) is 0 Å². The Kier molecular flexibility index (Phi) is 7.30. The third-order valence-corrected chi connectivity index (χ3v) is 6.50. The first-order chi connectivity index (χ1) is 16.3. The lowest BCUT2D eigenvalue weighted by atomic mass is 9.99. The van der Waals surface area contributed by atoms with Gasteiger partial charge in [-0.1, -0.05) is 24.2 Å². The van der Waals surface area contributed by atoms with Crippen LogP contribution >= 0.6 is 11.6 Å². The van der Waals surface area contributed by atoms with Crippen molar-refractivity contribution in [3.8, 4) is 28.4 Å². The number of halogens is 2. The summed E-state index contributed by atoms with van der Waals surface area (Å²) in [6.07, 6.45) is 1.31. The zero-order chi connectivity index (χ0) is 24.4. The van der Waals surface area contributed by atoms with E-state index in [1.807, 2.05) is 19.0 Å². The fraction of sp³-hybridized carbons (Fsp3) is 0.400. The van der Waals surface area contributed by atoms with Crippen molar-refractivity contribution in [3.05, 3.63) is 53.3 Å². The van der Waals surface area contributed by atoms with Gasteiger partial charge in [0.2, 0.25) is 5.91 Å². The predicted octanol–water partition coefficient (Wildman–Crippen LogP) is 3.38. The molecule has 1 amide bonds. The third-order valence-electron chi connectivity index (χ3n) is 6.18. The molecule has 2 aliphatic rings. The Morgan fingerprint density at radius 1 is 1.38 bits per heavy atom. The van der Waals surface area contributed by atoms with E-state index in [1.54, 1.807) is 23.1 Å². The molecule has 2 aromatic carbocycles. The van der Waals surface area contributed by atoms with E-state index in [9.17, 15) is 9.90 Å². The average Bonchev–Trinajstić information content (AvgIpc) is 2.98. The number of fused-ring (bicyclic) bond motifs is 2. The minimum Gasteiger partial charge on any atom is -0.507 e. The van der Waals surface area contributed by atoms with Crippen LogP contribution in [0.5, 0.6) is 17.2 Å². The molecule has 0 aromatic heterocycles. The standard InChI is InChI=1S/C25H29ClFN3O4/c1-4-21(32)30-9-8-29-13-16-12-20(33-11-10-28(2)3)23(22-18(26)6-5-7-19(22)31)24(27)25(16)34-15-17(29)14-30/h4-7,12,17,31H,1,8-11,13-15H2,2-3H3/t17-/m1/s1. The molecule has 1 N–H and O–H groups in total. The lowest BCUT2D eigenvalue weighted by Crippen LogP contribution is -2.55. The van der Waals surface area contributed by atoms with Crippen LogP contribution in [-0.4, -0.2) is 85.2 Å². The highest BCUT2D eigenvalue weighted by Crippen LogP contribution is 2.47. The summed E-state index contributed by atoms with van der Waals surface area (Å²) in [5.74, 6) is -0.483. The fourth-order valence-electron chi connectivity index (χ4n) is 4.36. The second kappa shape index (κ2) is 10.2. The van der Waals surface area contributed by atoms with Crippen LogP contribution < -0.4 is 9.47 Å². The molecule has 7 nitrogen and oxygen atoms in total. The Bertz CT molecular complexity index is 1070. The number of piperazine rings is 1. The molecule has 2 aromatic rings. The van der Waals surface area contributed by atoms with Crippen LogP contribution in [0.4, 0.5) is 4.39 Å². The van der Waals surface area contributed by atoms with Gasteiger partial charge in [0.15, 0.2) is 11.6 Å². The zero-order valence-electron chi connectivity index (χ0n) is 19.4. The quantitative estimate of drug-likeness (QED) is 0.628. The molecule has 0 aliphatic carbocycles. The van der Waals surface area contributed by atoms with E-state index in [4.69, 9.17) is 21.1 Å². The molecule has 0 saturated carbocycles. The molecule has 182 valence electrons. The topological polar surface area (TPSA) is 65.5 Å². The molecule has 4 rings (SSSR count).